The van der Waals surface area contributed by atoms with Crippen LogP contribution >= 0.6 is 0 Å². The number of benzene rings is 1. The van der Waals surface area contributed by atoms with E-state index in [2.05, 4.69) is 10.6 Å². The SMILES string of the molecule is O=C(CC1COCCN1)Nc1cccc(CO)c1. The van der Waals surface area contributed by atoms with E-state index >= 15 is 0 Å². The van der Waals surface area contributed by atoms with Crippen molar-refractivity contribution in [1.82, 2.24) is 5.32 Å². The summed E-state index contributed by atoms with van der Waals surface area (Å²) in [5.41, 5.74) is 1.50. The zero-order chi connectivity index (χ0) is 12.8. The molecule has 1 heterocycles. The van der Waals surface area contributed by atoms with Crippen LogP contribution in [0, 0.1) is 0 Å². The van der Waals surface area contributed by atoms with Crippen LogP contribution < -0.4 is 10.6 Å². The fraction of sp³-hybridized carbons (Fsp3) is 0.462. The van der Waals surface area contributed by atoms with Gasteiger partial charge in [-0.25, -0.2) is 0 Å². The lowest BCUT2D eigenvalue weighted by molar-refractivity contribution is -0.117. The Morgan fingerprint density at radius 3 is 3.17 bits per heavy atom. The maximum Gasteiger partial charge on any atom is 0.226 e. The van der Waals surface area contributed by atoms with E-state index < -0.39 is 0 Å². The summed E-state index contributed by atoms with van der Waals surface area (Å²) in [7, 11) is 0. The molecule has 0 aliphatic carbocycles. The van der Waals surface area contributed by atoms with E-state index in [0.717, 1.165) is 12.1 Å². The minimum Gasteiger partial charge on any atom is -0.392 e. The van der Waals surface area contributed by atoms with Crippen molar-refractivity contribution in [3.8, 4) is 0 Å². The molecule has 1 unspecified atom stereocenters. The number of aliphatic hydroxyl groups excluding tert-OH is 1. The molecular formula is C13H18N2O3. The van der Waals surface area contributed by atoms with E-state index in [1.807, 2.05) is 18.2 Å². The first-order valence-electron chi connectivity index (χ1n) is 6.08. The zero-order valence-corrected chi connectivity index (χ0v) is 10.2. The molecule has 1 amide bonds. The third-order valence-corrected chi connectivity index (χ3v) is 2.82. The predicted molar refractivity (Wildman–Crippen MR) is 68.2 cm³/mol. The molecule has 5 nitrogen and oxygen atoms in total. The van der Waals surface area contributed by atoms with Crippen LogP contribution in [0.2, 0.25) is 0 Å². The summed E-state index contributed by atoms with van der Waals surface area (Å²) in [6.07, 6.45) is 0.392. The maximum absolute atomic E-state index is 11.8. The summed E-state index contributed by atoms with van der Waals surface area (Å²) in [5.74, 6) is -0.0481. The topological polar surface area (TPSA) is 70.6 Å². The molecule has 98 valence electrons. The van der Waals surface area contributed by atoms with Crippen LogP contribution in [0.5, 0.6) is 0 Å². The van der Waals surface area contributed by atoms with Gasteiger partial charge < -0.3 is 20.5 Å². The summed E-state index contributed by atoms with van der Waals surface area (Å²) in [6.45, 7) is 2.04. The fourth-order valence-electron chi connectivity index (χ4n) is 1.93. The summed E-state index contributed by atoms with van der Waals surface area (Å²) in [5, 5.41) is 15.1. The second-order valence-corrected chi connectivity index (χ2v) is 4.34. The van der Waals surface area contributed by atoms with Crippen molar-refractivity contribution in [3.63, 3.8) is 0 Å². The largest absolute Gasteiger partial charge is 0.392 e. The highest BCUT2D eigenvalue weighted by molar-refractivity contribution is 5.91. The van der Waals surface area contributed by atoms with Gasteiger partial charge in [0.05, 0.1) is 19.8 Å². The van der Waals surface area contributed by atoms with Gasteiger partial charge in [-0.1, -0.05) is 12.1 Å². The molecule has 1 aromatic carbocycles. The summed E-state index contributed by atoms with van der Waals surface area (Å²) in [4.78, 5) is 11.8. The molecule has 1 aromatic rings. The number of rotatable bonds is 4. The normalized spacial score (nSPS) is 19.5. The van der Waals surface area contributed by atoms with Crippen LogP contribution in [0.1, 0.15) is 12.0 Å². The highest BCUT2D eigenvalue weighted by atomic mass is 16.5. The van der Waals surface area contributed by atoms with Crippen molar-refractivity contribution in [2.45, 2.75) is 19.1 Å². The Morgan fingerprint density at radius 1 is 1.56 bits per heavy atom. The van der Waals surface area contributed by atoms with E-state index in [1.165, 1.54) is 0 Å². The van der Waals surface area contributed by atoms with E-state index in [4.69, 9.17) is 9.84 Å². The number of hydrogen-bond acceptors (Lipinski definition) is 4. The second-order valence-electron chi connectivity index (χ2n) is 4.34. The Kier molecular flexibility index (Phi) is 4.69. The van der Waals surface area contributed by atoms with Crippen molar-refractivity contribution >= 4 is 11.6 Å². The number of amides is 1. The predicted octanol–water partition coefficient (Wildman–Crippen LogP) is 0.496. The maximum atomic E-state index is 11.8. The van der Waals surface area contributed by atoms with Crippen molar-refractivity contribution in [2.75, 3.05) is 25.1 Å². The molecule has 3 N–H and O–H groups in total. The van der Waals surface area contributed by atoms with Gasteiger partial charge in [0.15, 0.2) is 0 Å². The van der Waals surface area contributed by atoms with Gasteiger partial charge in [-0.05, 0) is 17.7 Å². The third-order valence-electron chi connectivity index (χ3n) is 2.82. The molecule has 18 heavy (non-hydrogen) atoms. The molecule has 1 atom stereocenters. The standard InChI is InChI=1S/C13H18N2O3/c16-8-10-2-1-3-11(6-10)15-13(17)7-12-9-18-5-4-14-12/h1-3,6,12,14,16H,4-5,7-9H2,(H,15,17). The summed E-state index contributed by atoms with van der Waals surface area (Å²) >= 11 is 0. The van der Waals surface area contributed by atoms with Gasteiger partial charge in [-0.2, -0.15) is 0 Å². The fourth-order valence-corrected chi connectivity index (χ4v) is 1.93. The number of ether oxygens (including phenoxy) is 1. The molecule has 0 radical (unpaired) electrons. The monoisotopic (exact) mass is 250 g/mol. The smallest absolute Gasteiger partial charge is 0.226 e. The zero-order valence-electron chi connectivity index (χ0n) is 10.2. The first kappa shape index (κ1) is 13.0. The van der Waals surface area contributed by atoms with Crippen LogP contribution in [-0.2, 0) is 16.1 Å². The molecule has 1 saturated heterocycles. The molecule has 5 heteroatoms. The van der Waals surface area contributed by atoms with Gasteiger partial charge in [0.1, 0.15) is 0 Å². The minimum absolute atomic E-state index is 0.0261. The Hall–Kier alpha value is -1.43. The van der Waals surface area contributed by atoms with Crippen molar-refractivity contribution < 1.29 is 14.6 Å². The number of anilines is 1. The Balaban J connectivity index is 1.85. The number of morpholine rings is 1. The lowest BCUT2D eigenvalue weighted by Gasteiger charge is -2.23. The average Bonchev–Trinajstić information content (AvgIpc) is 2.40. The van der Waals surface area contributed by atoms with Gasteiger partial charge in [0, 0.05) is 24.7 Å². The van der Waals surface area contributed by atoms with Crippen molar-refractivity contribution in [1.29, 1.82) is 0 Å². The molecule has 1 aliphatic heterocycles. The van der Waals surface area contributed by atoms with E-state index in [9.17, 15) is 4.79 Å². The molecule has 0 spiro atoms. The summed E-state index contributed by atoms with van der Waals surface area (Å²) in [6, 6.07) is 7.28. The van der Waals surface area contributed by atoms with Crippen LogP contribution in [0.15, 0.2) is 24.3 Å². The number of hydrogen-bond donors (Lipinski definition) is 3. The van der Waals surface area contributed by atoms with Gasteiger partial charge in [-0.3, -0.25) is 4.79 Å². The van der Waals surface area contributed by atoms with Crippen LogP contribution in [-0.4, -0.2) is 36.8 Å². The third kappa shape index (κ3) is 3.80. The minimum atomic E-state index is -0.0481. The second kappa shape index (κ2) is 6.49. The van der Waals surface area contributed by atoms with Crippen molar-refractivity contribution in [2.24, 2.45) is 0 Å². The molecule has 0 saturated carbocycles. The van der Waals surface area contributed by atoms with Crippen LogP contribution in [0.3, 0.4) is 0 Å². The van der Waals surface area contributed by atoms with Gasteiger partial charge >= 0.3 is 0 Å². The number of aliphatic hydroxyl groups is 1. The van der Waals surface area contributed by atoms with Gasteiger partial charge in [-0.15, -0.1) is 0 Å². The van der Waals surface area contributed by atoms with Gasteiger partial charge in [0.2, 0.25) is 5.91 Å². The Morgan fingerprint density at radius 2 is 2.44 bits per heavy atom. The molecule has 2 rings (SSSR count). The number of carbonyl (C=O) groups is 1. The average molecular weight is 250 g/mol. The van der Waals surface area contributed by atoms with E-state index in [-0.39, 0.29) is 18.6 Å². The quantitative estimate of drug-likeness (QED) is 0.727. The molecule has 1 aliphatic rings. The van der Waals surface area contributed by atoms with E-state index in [1.54, 1.807) is 6.07 Å². The molecule has 0 aromatic heterocycles. The van der Waals surface area contributed by atoms with Crippen LogP contribution in [0.25, 0.3) is 0 Å². The van der Waals surface area contributed by atoms with Crippen molar-refractivity contribution in [3.05, 3.63) is 29.8 Å². The first-order chi connectivity index (χ1) is 8.78. The Labute approximate surface area is 106 Å². The van der Waals surface area contributed by atoms with E-state index in [0.29, 0.717) is 25.3 Å². The number of nitrogens with one attached hydrogen (secondary N) is 2. The lowest BCUT2D eigenvalue weighted by atomic mass is 10.1. The first-order valence-corrected chi connectivity index (χ1v) is 6.08. The Bertz CT molecular complexity index is 403. The lowest BCUT2D eigenvalue weighted by Crippen LogP contribution is -2.43. The molecule has 0 bridgehead atoms. The number of carbonyl (C=O) groups excluding carboxylic acids is 1. The highest BCUT2D eigenvalue weighted by Crippen LogP contribution is 2.11. The molecule has 1 fully saturated rings. The van der Waals surface area contributed by atoms with Crippen LogP contribution in [0.4, 0.5) is 5.69 Å². The summed E-state index contributed by atoms with van der Waals surface area (Å²) < 4.78 is 5.29. The molecular weight excluding hydrogens is 232 g/mol. The van der Waals surface area contributed by atoms with Gasteiger partial charge in [0.25, 0.3) is 0 Å². The highest BCUT2D eigenvalue weighted by Gasteiger charge is 2.16.